The molecule has 0 saturated carbocycles. The monoisotopic (exact) mass is 556 g/mol. The van der Waals surface area contributed by atoms with Gasteiger partial charge in [-0.1, -0.05) is 60.1 Å². The van der Waals surface area contributed by atoms with Gasteiger partial charge in [0.2, 0.25) is 0 Å². The number of carbonyl (C=O) groups excluding carboxylic acids is 3. The van der Waals surface area contributed by atoms with Crippen molar-refractivity contribution in [1.29, 1.82) is 0 Å². The Kier molecular flexibility index (Phi) is 9.56. The van der Waals surface area contributed by atoms with Gasteiger partial charge < -0.3 is 15.4 Å². The highest BCUT2D eigenvalue weighted by atomic mass is 35.5. The van der Waals surface area contributed by atoms with Crippen LogP contribution in [-0.2, 0) is 4.79 Å². The van der Waals surface area contributed by atoms with Gasteiger partial charge in [0, 0.05) is 27.3 Å². The van der Waals surface area contributed by atoms with Gasteiger partial charge in [-0.2, -0.15) is 0 Å². The lowest BCUT2D eigenvalue weighted by Gasteiger charge is -2.13. The molecule has 0 unspecified atom stereocenters. The Morgan fingerprint density at radius 1 is 0.846 bits per heavy atom. The molecule has 0 aliphatic carbocycles. The highest BCUT2D eigenvalue weighted by molar-refractivity contribution is 8.00. The molecule has 39 heavy (non-hydrogen) atoms. The molecule has 4 aromatic carbocycles. The fourth-order valence-corrected chi connectivity index (χ4v) is 4.65. The number of carbonyl (C=O) groups is 3. The van der Waals surface area contributed by atoms with Crippen molar-refractivity contribution in [1.82, 2.24) is 5.32 Å². The van der Waals surface area contributed by atoms with Gasteiger partial charge in [0.25, 0.3) is 11.8 Å². The Morgan fingerprint density at radius 2 is 1.51 bits per heavy atom. The fraction of sp³-hybridized carbons (Fsp3) is 0.0645. The normalized spacial score (nSPS) is 11.0. The van der Waals surface area contributed by atoms with E-state index in [1.54, 1.807) is 78.9 Å². The number of ether oxygens (including phenoxy) is 1. The number of hydrogen-bond acceptors (Lipinski definition) is 5. The van der Waals surface area contributed by atoms with E-state index in [0.29, 0.717) is 33.1 Å². The first kappa shape index (κ1) is 27.7. The van der Waals surface area contributed by atoms with E-state index in [9.17, 15) is 14.4 Å². The zero-order valence-electron chi connectivity index (χ0n) is 21.0. The number of benzene rings is 4. The molecule has 0 bridgehead atoms. The first-order valence-electron chi connectivity index (χ1n) is 12.0. The summed E-state index contributed by atoms with van der Waals surface area (Å²) < 4.78 is 5.40. The SMILES string of the molecule is COc1ccccc1/C=C(\NC(=O)c1ccccc1)C(=O)Nc1ccc(SCC(=O)c2ccccc2Cl)cc1. The third kappa shape index (κ3) is 7.60. The molecule has 0 atom stereocenters. The molecule has 0 radical (unpaired) electrons. The molecule has 6 nitrogen and oxygen atoms in total. The Balaban J connectivity index is 1.47. The summed E-state index contributed by atoms with van der Waals surface area (Å²) in [7, 11) is 1.54. The molecule has 0 aliphatic heterocycles. The van der Waals surface area contributed by atoms with E-state index in [1.807, 2.05) is 30.3 Å². The van der Waals surface area contributed by atoms with E-state index >= 15 is 0 Å². The minimum absolute atomic E-state index is 0.0529. The van der Waals surface area contributed by atoms with Gasteiger partial charge in [-0.15, -0.1) is 11.8 Å². The summed E-state index contributed by atoms with van der Waals surface area (Å²) in [5.41, 5.74) is 2.12. The lowest BCUT2D eigenvalue weighted by atomic mass is 10.1. The van der Waals surface area contributed by atoms with Crippen molar-refractivity contribution in [3.8, 4) is 5.75 Å². The van der Waals surface area contributed by atoms with Gasteiger partial charge >= 0.3 is 0 Å². The maximum atomic E-state index is 13.3. The number of nitrogens with one attached hydrogen (secondary N) is 2. The minimum Gasteiger partial charge on any atom is -0.496 e. The van der Waals surface area contributed by atoms with Crippen LogP contribution in [0.3, 0.4) is 0 Å². The van der Waals surface area contributed by atoms with Gasteiger partial charge in [0.05, 0.1) is 17.9 Å². The van der Waals surface area contributed by atoms with E-state index in [0.717, 1.165) is 4.90 Å². The number of thioether (sulfide) groups is 1. The first-order chi connectivity index (χ1) is 18.9. The van der Waals surface area contributed by atoms with Gasteiger partial charge in [0.15, 0.2) is 5.78 Å². The zero-order valence-corrected chi connectivity index (χ0v) is 22.6. The standard InChI is InChI=1S/C31H25ClN2O4S/c1-38-29-14-8-5-11-22(29)19-27(34-30(36)21-9-3-2-4-10-21)31(37)33-23-15-17-24(18-16-23)39-20-28(35)25-12-6-7-13-26(25)32/h2-19H,20H2,1H3,(H,33,37)(H,34,36)/b27-19-. The number of rotatable bonds is 10. The zero-order chi connectivity index (χ0) is 27.6. The third-order valence-corrected chi connectivity index (χ3v) is 6.97. The van der Waals surface area contributed by atoms with Crippen molar-refractivity contribution >= 4 is 52.7 Å². The van der Waals surface area contributed by atoms with Crippen LogP contribution in [0, 0.1) is 0 Å². The molecule has 0 aliphatic rings. The molecule has 0 heterocycles. The number of para-hydroxylation sites is 1. The molecule has 0 fully saturated rings. The first-order valence-corrected chi connectivity index (χ1v) is 13.3. The topological polar surface area (TPSA) is 84.5 Å². The van der Waals surface area contributed by atoms with Gasteiger partial charge in [-0.05, 0) is 60.7 Å². The smallest absolute Gasteiger partial charge is 0.272 e. The van der Waals surface area contributed by atoms with Gasteiger partial charge in [-0.3, -0.25) is 14.4 Å². The van der Waals surface area contributed by atoms with Crippen molar-refractivity contribution in [2.45, 2.75) is 4.90 Å². The average molecular weight is 557 g/mol. The van der Waals surface area contributed by atoms with E-state index < -0.39 is 11.8 Å². The molecular weight excluding hydrogens is 532 g/mol. The molecule has 0 aromatic heterocycles. The second kappa shape index (κ2) is 13.5. The predicted octanol–water partition coefficient (Wildman–Crippen LogP) is 6.73. The summed E-state index contributed by atoms with van der Waals surface area (Å²) in [6.45, 7) is 0. The summed E-state index contributed by atoms with van der Waals surface area (Å²) in [6.07, 6.45) is 1.57. The predicted molar refractivity (Wildman–Crippen MR) is 156 cm³/mol. The number of anilines is 1. The second-order valence-corrected chi connectivity index (χ2v) is 9.75. The van der Waals surface area contributed by atoms with Crippen LogP contribution in [0.15, 0.2) is 114 Å². The van der Waals surface area contributed by atoms with E-state index in [-0.39, 0.29) is 17.2 Å². The highest BCUT2D eigenvalue weighted by Crippen LogP contribution is 2.24. The van der Waals surface area contributed by atoms with Crippen molar-refractivity contribution in [2.24, 2.45) is 0 Å². The summed E-state index contributed by atoms with van der Waals surface area (Å²) in [4.78, 5) is 39.5. The van der Waals surface area contributed by atoms with Crippen LogP contribution < -0.4 is 15.4 Å². The lowest BCUT2D eigenvalue weighted by Crippen LogP contribution is -2.30. The van der Waals surface area contributed by atoms with Crippen LogP contribution in [0.25, 0.3) is 6.08 Å². The molecule has 2 amide bonds. The fourth-order valence-electron chi connectivity index (χ4n) is 3.63. The lowest BCUT2D eigenvalue weighted by molar-refractivity contribution is -0.113. The molecule has 8 heteroatoms. The van der Waals surface area contributed by atoms with Crippen LogP contribution in [0.5, 0.6) is 5.75 Å². The number of ketones is 1. The molecule has 0 saturated heterocycles. The summed E-state index contributed by atoms with van der Waals surface area (Å²) >= 11 is 7.50. The van der Waals surface area contributed by atoms with Crippen LogP contribution >= 0.6 is 23.4 Å². The quantitative estimate of drug-likeness (QED) is 0.128. The maximum Gasteiger partial charge on any atom is 0.272 e. The third-order valence-electron chi connectivity index (χ3n) is 5.62. The van der Waals surface area contributed by atoms with E-state index in [4.69, 9.17) is 16.3 Å². The van der Waals surface area contributed by atoms with Crippen LogP contribution in [0.2, 0.25) is 5.02 Å². The minimum atomic E-state index is -0.500. The van der Waals surface area contributed by atoms with E-state index in [1.165, 1.54) is 18.9 Å². The number of halogens is 1. The second-order valence-electron chi connectivity index (χ2n) is 8.29. The van der Waals surface area contributed by atoms with Crippen molar-refractivity contribution in [2.75, 3.05) is 18.2 Å². The number of amides is 2. The van der Waals surface area contributed by atoms with Crippen LogP contribution in [0.4, 0.5) is 5.69 Å². The summed E-state index contributed by atoms with van der Waals surface area (Å²) in [5, 5.41) is 5.97. The van der Waals surface area contributed by atoms with Gasteiger partial charge in [0.1, 0.15) is 11.4 Å². The maximum absolute atomic E-state index is 13.3. The summed E-state index contributed by atoms with van der Waals surface area (Å²) in [6, 6.07) is 29.9. The molecule has 196 valence electrons. The number of Topliss-reactive ketones (excluding diaryl/α,β-unsaturated/α-hetero) is 1. The average Bonchev–Trinajstić information content (AvgIpc) is 2.97. The Morgan fingerprint density at radius 3 is 2.23 bits per heavy atom. The van der Waals surface area contributed by atoms with E-state index in [2.05, 4.69) is 10.6 Å². The number of hydrogen-bond donors (Lipinski definition) is 2. The molecular formula is C31H25ClN2O4S. The van der Waals surface area contributed by atoms with Crippen molar-refractivity contribution in [3.63, 3.8) is 0 Å². The van der Waals surface area contributed by atoms with Gasteiger partial charge in [-0.25, -0.2) is 0 Å². The highest BCUT2D eigenvalue weighted by Gasteiger charge is 2.16. The van der Waals surface area contributed by atoms with Crippen molar-refractivity contribution in [3.05, 3.63) is 131 Å². The molecule has 0 spiro atoms. The summed E-state index contributed by atoms with van der Waals surface area (Å²) in [5.74, 6) is -0.193. The molecule has 4 aromatic rings. The molecule has 4 rings (SSSR count). The largest absolute Gasteiger partial charge is 0.496 e. The van der Waals surface area contributed by atoms with Crippen molar-refractivity contribution < 1.29 is 19.1 Å². The number of methoxy groups -OCH3 is 1. The van der Waals surface area contributed by atoms with Crippen LogP contribution in [0.1, 0.15) is 26.3 Å². The Labute approximate surface area is 236 Å². The molecule has 2 N–H and O–H groups in total. The Hall–Kier alpha value is -4.33. The Bertz CT molecular complexity index is 1500. The van der Waals surface area contributed by atoms with Crippen LogP contribution in [-0.4, -0.2) is 30.5 Å².